The fourth-order valence-corrected chi connectivity index (χ4v) is 3.12. The van der Waals surface area contributed by atoms with Gasteiger partial charge in [-0.3, -0.25) is 14.9 Å². The molecule has 0 saturated heterocycles. The van der Waals surface area contributed by atoms with Gasteiger partial charge in [0, 0.05) is 41.8 Å². The summed E-state index contributed by atoms with van der Waals surface area (Å²) >= 11 is 0. The van der Waals surface area contributed by atoms with Crippen molar-refractivity contribution in [2.75, 3.05) is 6.54 Å². The molecule has 1 amide bonds. The number of amides is 1. The Morgan fingerprint density at radius 1 is 1.15 bits per heavy atom. The van der Waals surface area contributed by atoms with Crippen LogP contribution in [0.1, 0.15) is 21.6 Å². The van der Waals surface area contributed by atoms with Crippen molar-refractivity contribution >= 4 is 11.6 Å². The third-order valence-electron chi connectivity index (χ3n) is 4.56. The molecule has 0 fully saturated rings. The van der Waals surface area contributed by atoms with E-state index in [0.717, 1.165) is 11.3 Å². The zero-order valence-electron chi connectivity index (χ0n) is 14.1. The molecule has 2 heterocycles. The van der Waals surface area contributed by atoms with Gasteiger partial charge in [0.2, 0.25) is 0 Å². The van der Waals surface area contributed by atoms with E-state index in [9.17, 15) is 19.3 Å². The number of carbonyl (C=O) groups is 1. The van der Waals surface area contributed by atoms with Crippen molar-refractivity contribution in [3.63, 3.8) is 0 Å². The van der Waals surface area contributed by atoms with Crippen LogP contribution in [0.4, 0.5) is 10.1 Å². The van der Waals surface area contributed by atoms with E-state index in [-0.39, 0.29) is 17.4 Å². The molecule has 0 unspecified atom stereocenters. The predicted molar refractivity (Wildman–Crippen MR) is 93.4 cm³/mol. The maximum Gasteiger partial charge on any atom is 0.269 e. The van der Waals surface area contributed by atoms with Crippen LogP contribution in [0, 0.1) is 15.9 Å². The zero-order chi connectivity index (χ0) is 19.0. The van der Waals surface area contributed by atoms with Crippen molar-refractivity contribution in [1.29, 1.82) is 0 Å². The lowest BCUT2D eigenvalue weighted by molar-refractivity contribution is -0.384. The van der Waals surface area contributed by atoms with E-state index in [0.29, 0.717) is 36.4 Å². The molecule has 0 spiro atoms. The first kappa shape index (κ1) is 16.9. The Bertz CT molecular complexity index is 1010. The topological polar surface area (TPSA) is 89.5 Å². The van der Waals surface area contributed by atoms with Crippen LogP contribution in [0.5, 0.6) is 0 Å². The minimum Gasteiger partial charge on any atom is -0.356 e. The highest BCUT2D eigenvalue weighted by Gasteiger charge is 2.28. The summed E-state index contributed by atoms with van der Waals surface area (Å²) in [6.45, 7) is 0.777. The number of nitro groups is 1. The van der Waals surface area contributed by atoms with Gasteiger partial charge in [0.05, 0.1) is 17.2 Å². The van der Waals surface area contributed by atoms with Crippen molar-refractivity contribution in [3.05, 3.63) is 81.3 Å². The minimum atomic E-state index is -0.506. The molecule has 0 saturated carbocycles. The number of halogens is 1. The van der Waals surface area contributed by atoms with Crippen LogP contribution in [-0.2, 0) is 13.0 Å². The van der Waals surface area contributed by atoms with Crippen LogP contribution >= 0.6 is 0 Å². The summed E-state index contributed by atoms with van der Waals surface area (Å²) < 4.78 is 18.6. The molecular formula is C19H14FN3O4. The van der Waals surface area contributed by atoms with Crippen molar-refractivity contribution in [2.45, 2.75) is 13.0 Å². The second kappa shape index (κ2) is 6.64. The van der Waals surface area contributed by atoms with Gasteiger partial charge in [-0.05, 0) is 36.4 Å². The van der Waals surface area contributed by atoms with Gasteiger partial charge in [-0.15, -0.1) is 0 Å². The highest BCUT2D eigenvalue weighted by molar-refractivity contribution is 5.94. The third-order valence-corrected chi connectivity index (χ3v) is 4.56. The molecule has 1 aliphatic rings. The van der Waals surface area contributed by atoms with Crippen molar-refractivity contribution < 1.29 is 18.6 Å². The fraction of sp³-hybridized carbons (Fsp3) is 0.158. The molecule has 0 bridgehead atoms. The molecule has 3 aromatic rings. The van der Waals surface area contributed by atoms with Gasteiger partial charge in [-0.1, -0.05) is 5.16 Å². The molecule has 0 N–H and O–H groups in total. The lowest BCUT2D eigenvalue weighted by Crippen LogP contribution is -2.35. The Morgan fingerprint density at radius 2 is 1.85 bits per heavy atom. The molecule has 2 aromatic carbocycles. The third kappa shape index (κ3) is 3.17. The standard InChI is InChI=1S/C19H14FN3O4/c20-14-5-1-12(2-6-14)18-16-11-22(10-9-17(16)21-27-18)19(24)13-3-7-15(8-4-13)23(25)26/h1-8H,9-11H2. The number of non-ortho nitro benzene ring substituents is 1. The lowest BCUT2D eigenvalue weighted by atomic mass is 10.0. The second-order valence-corrected chi connectivity index (χ2v) is 6.22. The van der Waals surface area contributed by atoms with Crippen LogP contribution in [-0.4, -0.2) is 27.4 Å². The van der Waals surface area contributed by atoms with Crippen molar-refractivity contribution in [3.8, 4) is 11.3 Å². The van der Waals surface area contributed by atoms with E-state index in [4.69, 9.17) is 4.52 Å². The first-order valence-electron chi connectivity index (χ1n) is 8.30. The number of nitrogens with zero attached hydrogens (tertiary/aromatic N) is 3. The summed E-state index contributed by atoms with van der Waals surface area (Å²) in [5, 5.41) is 14.8. The van der Waals surface area contributed by atoms with E-state index in [2.05, 4.69) is 5.16 Å². The number of rotatable bonds is 3. The van der Waals surface area contributed by atoms with Gasteiger partial charge < -0.3 is 9.42 Å². The number of hydrogen-bond acceptors (Lipinski definition) is 5. The molecule has 0 aliphatic carbocycles. The average molecular weight is 367 g/mol. The monoisotopic (exact) mass is 367 g/mol. The predicted octanol–water partition coefficient (Wildman–Crippen LogP) is 3.59. The second-order valence-electron chi connectivity index (χ2n) is 6.22. The summed E-state index contributed by atoms with van der Waals surface area (Å²) in [6, 6.07) is 11.4. The van der Waals surface area contributed by atoms with Gasteiger partial charge in [0.1, 0.15) is 5.82 Å². The van der Waals surface area contributed by atoms with Gasteiger partial charge in [-0.25, -0.2) is 4.39 Å². The number of hydrogen-bond donors (Lipinski definition) is 0. The molecule has 136 valence electrons. The first-order valence-corrected chi connectivity index (χ1v) is 8.30. The summed E-state index contributed by atoms with van der Waals surface area (Å²) in [5.74, 6) is -0.0462. The largest absolute Gasteiger partial charge is 0.356 e. The van der Waals surface area contributed by atoms with Crippen molar-refractivity contribution in [2.24, 2.45) is 0 Å². The highest BCUT2D eigenvalue weighted by Crippen LogP contribution is 2.31. The maximum atomic E-state index is 13.2. The number of aromatic nitrogens is 1. The maximum absolute atomic E-state index is 13.2. The summed E-state index contributed by atoms with van der Waals surface area (Å²) in [7, 11) is 0. The number of carbonyl (C=O) groups excluding carboxylic acids is 1. The van der Waals surface area contributed by atoms with E-state index in [1.165, 1.54) is 36.4 Å². The normalized spacial score (nSPS) is 13.3. The Morgan fingerprint density at radius 3 is 2.52 bits per heavy atom. The van der Waals surface area contributed by atoms with Gasteiger partial charge >= 0.3 is 0 Å². The molecule has 8 heteroatoms. The van der Waals surface area contributed by atoms with Crippen LogP contribution in [0.3, 0.4) is 0 Å². The van der Waals surface area contributed by atoms with Gasteiger partial charge in [0.25, 0.3) is 11.6 Å². The molecule has 0 atom stereocenters. The zero-order valence-corrected chi connectivity index (χ0v) is 14.1. The van der Waals surface area contributed by atoms with Gasteiger partial charge in [0.15, 0.2) is 5.76 Å². The summed E-state index contributed by atoms with van der Waals surface area (Å²) in [5.41, 5.74) is 2.58. The summed E-state index contributed by atoms with van der Waals surface area (Å²) in [6.07, 6.45) is 0.540. The molecule has 4 rings (SSSR count). The highest BCUT2D eigenvalue weighted by atomic mass is 19.1. The van der Waals surface area contributed by atoms with E-state index in [1.54, 1.807) is 17.0 Å². The average Bonchev–Trinajstić information content (AvgIpc) is 3.11. The Labute approximate surface area is 153 Å². The Kier molecular flexibility index (Phi) is 4.15. The van der Waals surface area contributed by atoms with Crippen molar-refractivity contribution in [1.82, 2.24) is 10.1 Å². The van der Waals surface area contributed by atoms with Crippen LogP contribution in [0.2, 0.25) is 0 Å². The van der Waals surface area contributed by atoms with E-state index in [1.807, 2.05) is 0 Å². The SMILES string of the molecule is O=C(c1ccc([N+](=O)[O-])cc1)N1CCc2noc(-c3ccc(F)cc3)c2C1. The van der Waals surface area contributed by atoms with Crippen LogP contribution in [0.15, 0.2) is 53.1 Å². The van der Waals surface area contributed by atoms with Gasteiger partial charge in [-0.2, -0.15) is 0 Å². The van der Waals surface area contributed by atoms with Crippen LogP contribution < -0.4 is 0 Å². The molecule has 0 radical (unpaired) electrons. The number of fused-ring (bicyclic) bond motifs is 1. The minimum absolute atomic E-state index is 0.0647. The Hall–Kier alpha value is -3.55. The molecule has 27 heavy (non-hydrogen) atoms. The number of nitro benzene ring substituents is 1. The quantitative estimate of drug-likeness (QED) is 0.521. The van der Waals surface area contributed by atoms with E-state index < -0.39 is 4.92 Å². The molecule has 1 aliphatic heterocycles. The molecule has 7 nitrogen and oxygen atoms in total. The Balaban J connectivity index is 1.59. The smallest absolute Gasteiger partial charge is 0.269 e. The fourth-order valence-electron chi connectivity index (χ4n) is 3.12. The van der Waals surface area contributed by atoms with E-state index >= 15 is 0 Å². The lowest BCUT2D eigenvalue weighted by Gasteiger charge is -2.26. The molecular weight excluding hydrogens is 353 g/mol. The number of benzene rings is 2. The van der Waals surface area contributed by atoms with Crippen LogP contribution in [0.25, 0.3) is 11.3 Å². The molecule has 1 aromatic heterocycles. The summed E-state index contributed by atoms with van der Waals surface area (Å²) in [4.78, 5) is 24.7. The first-order chi connectivity index (χ1) is 13.0.